The third-order valence-corrected chi connectivity index (χ3v) is 2.37. The minimum Gasteiger partial charge on any atom is -0.508 e. The summed E-state index contributed by atoms with van der Waals surface area (Å²) in [5.41, 5.74) is 0.702. The highest BCUT2D eigenvalue weighted by molar-refractivity contribution is 5.33. The molecule has 0 aromatic heterocycles. The lowest BCUT2D eigenvalue weighted by Gasteiger charge is -2.15. The largest absolute Gasteiger partial charge is 0.508 e. The second-order valence-corrected chi connectivity index (χ2v) is 3.90. The van der Waals surface area contributed by atoms with Gasteiger partial charge in [-0.15, -0.1) is 0 Å². The number of nitrogens with one attached hydrogen (secondary N) is 1. The van der Waals surface area contributed by atoms with Gasteiger partial charge in [-0.05, 0) is 13.0 Å². The summed E-state index contributed by atoms with van der Waals surface area (Å²) in [6.45, 7) is 0.835. The van der Waals surface area contributed by atoms with Crippen LogP contribution in [-0.2, 0) is 4.74 Å². The normalized spacial score (nSPS) is 13.6. The maximum absolute atomic E-state index is 11.8. The Bertz CT molecular complexity index is 369. The van der Waals surface area contributed by atoms with Crippen molar-refractivity contribution in [2.75, 3.05) is 19.8 Å². The zero-order chi connectivity index (χ0) is 13.6. The van der Waals surface area contributed by atoms with Gasteiger partial charge < -0.3 is 15.2 Å². The van der Waals surface area contributed by atoms with Crippen molar-refractivity contribution < 1.29 is 23.0 Å². The first-order chi connectivity index (χ1) is 8.40. The molecule has 0 spiro atoms. The van der Waals surface area contributed by atoms with Gasteiger partial charge in [0.05, 0.1) is 6.61 Å². The van der Waals surface area contributed by atoms with Crippen LogP contribution >= 0.6 is 0 Å². The Morgan fingerprint density at radius 3 is 2.61 bits per heavy atom. The maximum Gasteiger partial charge on any atom is 0.411 e. The molecule has 102 valence electrons. The first-order valence-corrected chi connectivity index (χ1v) is 5.56. The minimum atomic E-state index is -4.29. The lowest BCUT2D eigenvalue weighted by Crippen LogP contribution is -2.26. The molecule has 3 nitrogen and oxygen atoms in total. The molecule has 0 aliphatic heterocycles. The van der Waals surface area contributed by atoms with Gasteiger partial charge in [0.1, 0.15) is 12.4 Å². The summed E-state index contributed by atoms with van der Waals surface area (Å²) in [6, 6.07) is 6.66. The summed E-state index contributed by atoms with van der Waals surface area (Å²) in [5, 5.41) is 12.5. The highest BCUT2D eigenvalue weighted by atomic mass is 19.4. The van der Waals surface area contributed by atoms with Gasteiger partial charge in [-0.2, -0.15) is 13.2 Å². The Balaban J connectivity index is 2.26. The molecule has 0 saturated carbocycles. The van der Waals surface area contributed by atoms with Crippen molar-refractivity contribution in [2.45, 2.75) is 19.1 Å². The molecule has 0 saturated heterocycles. The van der Waals surface area contributed by atoms with Crippen LogP contribution in [0.2, 0.25) is 0 Å². The van der Waals surface area contributed by atoms with Crippen LogP contribution in [0.15, 0.2) is 24.3 Å². The molecule has 0 fully saturated rings. The van der Waals surface area contributed by atoms with E-state index in [1.165, 1.54) is 0 Å². The zero-order valence-corrected chi connectivity index (χ0v) is 10.00. The summed E-state index contributed by atoms with van der Waals surface area (Å²) in [7, 11) is 0. The van der Waals surface area contributed by atoms with E-state index < -0.39 is 12.8 Å². The number of ether oxygens (including phenoxy) is 1. The smallest absolute Gasteiger partial charge is 0.411 e. The molecule has 6 heteroatoms. The van der Waals surface area contributed by atoms with Crippen LogP contribution in [0.3, 0.4) is 0 Å². The van der Waals surface area contributed by atoms with Crippen molar-refractivity contribution in [3.05, 3.63) is 29.8 Å². The molecule has 1 rings (SSSR count). The van der Waals surface area contributed by atoms with Crippen LogP contribution in [0.25, 0.3) is 0 Å². The van der Waals surface area contributed by atoms with Crippen molar-refractivity contribution >= 4 is 0 Å². The number of phenolic OH excluding ortho intramolecular Hbond substituents is 1. The Labute approximate surface area is 104 Å². The highest BCUT2D eigenvalue weighted by Crippen LogP contribution is 2.22. The van der Waals surface area contributed by atoms with E-state index in [1.807, 2.05) is 6.92 Å². The third kappa shape index (κ3) is 5.37. The molecule has 1 unspecified atom stereocenters. The molecule has 1 atom stereocenters. The van der Waals surface area contributed by atoms with Crippen LogP contribution in [0.4, 0.5) is 13.2 Å². The first kappa shape index (κ1) is 14.8. The summed E-state index contributed by atoms with van der Waals surface area (Å²) in [5.74, 6) is 0.161. The van der Waals surface area contributed by atoms with Gasteiger partial charge in [0, 0.05) is 18.2 Å². The molecular weight excluding hydrogens is 247 g/mol. The van der Waals surface area contributed by atoms with Gasteiger partial charge in [-0.25, -0.2) is 0 Å². The average Bonchev–Trinajstić information content (AvgIpc) is 2.27. The van der Waals surface area contributed by atoms with E-state index in [-0.39, 0.29) is 24.9 Å². The van der Waals surface area contributed by atoms with Crippen molar-refractivity contribution in [2.24, 2.45) is 0 Å². The minimum absolute atomic E-state index is 0.0303. The number of para-hydroxylation sites is 1. The molecule has 2 N–H and O–H groups in total. The third-order valence-electron chi connectivity index (χ3n) is 2.37. The van der Waals surface area contributed by atoms with Crippen LogP contribution in [0.1, 0.15) is 18.5 Å². The molecule has 18 heavy (non-hydrogen) atoms. The van der Waals surface area contributed by atoms with Gasteiger partial charge in [0.25, 0.3) is 0 Å². The van der Waals surface area contributed by atoms with Gasteiger partial charge in [-0.3, -0.25) is 0 Å². The molecule has 0 radical (unpaired) electrons. The van der Waals surface area contributed by atoms with Crippen molar-refractivity contribution in [3.63, 3.8) is 0 Å². The van der Waals surface area contributed by atoms with Crippen LogP contribution in [-0.4, -0.2) is 31.0 Å². The van der Waals surface area contributed by atoms with E-state index in [1.54, 1.807) is 24.3 Å². The summed E-state index contributed by atoms with van der Waals surface area (Å²) < 4.78 is 39.8. The number of hydrogen-bond acceptors (Lipinski definition) is 3. The molecule has 0 heterocycles. The SMILES string of the molecule is CC(NCCOCC(F)(F)F)c1ccccc1O. The fourth-order valence-corrected chi connectivity index (χ4v) is 1.50. The molecule has 0 bridgehead atoms. The quantitative estimate of drug-likeness (QED) is 0.775. The standard InChI is InChI=1S/C12H16F3NO2/c1-9(10-4-2-3-5-11(10)17)16-6-7-18-8-12(13,14)15/h2-5,9,16-17H,6-8H2,1H3. The van der Waals surface area contributed by atoms with Crippen LogP contribution in [0.5, 0.6) is 5.75 Å². The monoisotopic (exact) mass is 263 g/mol. The Kier molecular flexibility index (Phi) is 5.43. The van der Waals surface area contributed by atoms with E-state index in [2.05, 4.69) is 10.1 Å². The predicted molar refractivity (Wildman–Crippen MR) is 61.4 cm³/mol. The molecule has 1 aromatic rings. The number of aromatic hydroxyl groups is 1. The second-order valence-electron chi connectivity index (χ2n) is 3.90. The number of benzene rings is 1. The highest BCUT2D eigenvalue weighted by Gasteiger charge is 2.27. The molecule has 1 aromatic carbocycles. The Morgan fingerprint density at radius 1 is 1.33 bits per heavy atom. The summed E-state index contributed by atoms with van der Waals surface area (Å²) >= 11 is 0. The fraction of sp³-hybridized carbons (Fsp3) is 0.500. The molecular formula is C12H16F3NO2. The lowest BCUT2D eigenvalue weighted by atomic mass is 10.1. The van der Waals surface area contributed by atoms with E-state index in [0.29, 0.717) is 5.56 Å². The number of alkyl halides is 3. The number of halogens is 3. The van der Waals surface area contributed by atoms with Gasteiger partial charge in [0.15, 0.2) is 0 Å². The molecule has 0 aliphatic carbocycles. The molecule has 0 aliphatic rings. The van der Waals surface area contributed by atoms with E-state index in [0.717, 1.165) is 0 Å². The van der Waals surface area contributed by atoms with Gasteiger partial charge >= 0.3 is 6.18 Å². The topological polar surface area (TPSA) is 41.5 Å². The lowest BCUT2D eigenvalue weighted by molar-refractivity contribution is -0.173. The Hall–Kier alpha value is -1.27. The van der Waals surface area contributed by atoms with Gasteiger partial charge in [0.2, 0.25) is 0 Å². The summed E-state index contributed by atoms with van der Waals surface area (Å²) in [4.78, 5) is 0. The fourth-order valence-electron chi connectivity index (χ4n) is 1.50. The average molecular weight is 263 g/mol. The van der Waals surface area contributed by atoms with Crippen molar-refractivity contribution in [1.29, 1.82) is 0 Å². The molecule has 0 amide bonds. The van der Waals surface area contributed by atoms with Crippen LogP contribution < -0.4 is 5.32 Å². The van der Waals surface area contributed by atoms with E-state index >= 15 is 0 Å². The number of phenols is 1. The first-order valence-electron chi connectivity index (χ1n) is 5.56. The Morgan fingerprint density at radius 2 is 2.00 bits per heavy atom. The van der Waals surface area contributed by atoms with Gasteiger partial charge in [-0.1, -0.05) is 18.2 Å². The van der Waals surface area contributed by atoms with Crippen molar-refractivity contribution in [1.82, 2.24) is 5.32 Å². The zero-order valence-electron chi connectivity index (χ0n) is 10.00. The second kappa shape index (κ2) is 6.61. The maximum atomic E-state index is 11.8. The number of rotatable bonds is 6. The summed E-state index contributed by atoms with van der Waals surface area (Å²) in [6.07, 6.45) is -4.29. The van der Waals surface area contributed by atoms with Crippen molar-refractivity contribution in [3.8, 4) is 5.75 Å². The van der Waals surface area contributed by atoms with E-state index in [4.69, 9.17) is 0 Å². The predicted octanol–water partition coefficient (Wildman–Crippen LogP) is 2.62. The van der Waals surface area contributed by atoms with Crippen LogP contribution in [0, 0.1) is 0 Å². The van der Waals surface area contributed by atoms with E-state index in [9.17, 15) is 18.3 Å². The number of hydrogen-bond donors (Lipinski definition) is 2.